The zero-order valence-electron chi connectivity index (χ0n) is 14.5. The number of thiocarbonyl (C=S) groups is 1. The molecule has 24 heavy (non-hydrogen) atoms. The van der Waals surface area contributed by atoms with Crippen LogP contribution in [0, 0.1) is 11.8 Å². The molecule has 2 unspecified atom stereocenters. The van der Waals surface area contributed by atoms with Gasteiger partial charge in [0.2, 0.25) is 0 Å². The van der Waals surface area contributed by atoms with Crippen LogP contribution in [-0.4, -0.2) is 20.8 Å². The Morgan fingerprint density at radius 2 is 2.00 bits per heavy atom. The number of benzene rings is 1. The Morgan fingerprint density at radius 3 is 2.71 bits per heavy atom. The third-order valence-corrected chi connectivity index (χ3v) is 5.37. The van der Waals surface area contributed by atoms with Crippen LogP contribution in [0.5, 0.6) is 0 Å². The van der Waals surface area contributed by atoms with E-state index in [9.17, 15) is 10.2 Å². The summed E-state index contributed by atoms with van der Waals surface area (Å²) in [5, 5.41) is 24.1. The van der Waals surface area contributed by atoms with Gasteiger partial charge >= 0.3 is 0 Å². The number of fused-ring (bicyclic) bond motifs is 1. The molecule has 1 aromatic carbocycles. The minimum Gasteiger partial charge on any atom is -0.507 e. The number of aryl methyl sites for hydroxylation is 2. The molecule has 3 nitrogen and oxygen atoms in total. The highest BCUT2D eigenvalue weighted by Gasteiger charge is 2.36. The van der Waals surface area contributed by atoms with Crippen LogP contribution in [0.25, 0.3) is 0 Å². The molecule has 1 aromatic rings. The van der Waals surface area contributed by atoms with E-state index in [1.54, 1.807) is 6.92 Å². The van der Waals surface area contributed by atoms with E-state index >= 15 is 0 Å². The first-order chi connectivity index (χ1) is 11.3. The number of anilines is 1. The molecule has 0 radical (unpaired) electrons. The summed E-state index contributed by atoms with van der Waals surface area (Å²) in [7, 11) is 0. The highest BCUT2D eigenvalue weighted by molar-refractivity contribution is 7.81. The minimum absolute atomic E-state index is 0.0376. The molecule has 0 spiro atoms. The largest absolute Gasteiger partial charge is 0.507 e. The molecule has 0 aliphatic heterocycles. The smallest absolute Gasteiger partial charge is 0.124 e. The first-order valence-electron chi connectivity index (χ1n) is 8.57. The molecule has 0 fully saturated rings. The van der Waals surface area contributed by atoms with Gasteiger partial charge in [0.05, 0.1) is 5.60 Å². The SMILES string of the molecule is CC(C)C1C=C(C(=S)Nc2ccc3c(c2)CCC3)C(O)=CC1(C)O. The van der Waals surface area contributed by atoms with Crippen molar-refractivity contribution in [2.24, 2.45) is 11.8 Å². The van der Waals surface area contributed by atoms with E-state index in [1.165, 1.54) is 23.6 Å². The van der Waals surface area contributed by atoms with Gasteiger partial charge in [-0.05, 0) is 61.4 Å². The Balaban J connectivity index is 1.83. The third kappa shape index (κ3) is 3.26. The molecule has 0 aromatic heterocycles. The predicted octanol–water partition coefficient (Wildman–Crippen LogP) is 4.32. The van der Waals surface area contributed by atoms with Crippen molar-refractivity contribution in [3.63, 3.8) is 0 Å². The first-order valence-corrected chi connectivity index (χ1v) is 8.98. The quantitative estimate of drug-likeness (QED) is 0.716. The lowest BCUT2D eigenvalue weighted by Gasteiger charge is -2.35. The lowest BCUT2D eigenvalue weighted by atomic mass is 9.76. The molecule has 0 saturated carbocycles. The molecule has 0 saturated heterocycles. The number of hydrogen-bond donors (Lipinski definition) is 3. The Kier molecular flexibility index (Phi) is 4.54. The van der Waals surface area contributed by atoms with Crippen LogP contribution in [0.3, 0.4) is 0 Å². The van der Waals surface area contributed by atoms with Crippen LogP contribution >= 0.6 is 12.2 Å². The Bertz CT molecular complexity index is 731. The van der Waals surface area contributed by atoms with Crippen molar-refractivity contribution < 1.29 is 10.2 Å². The van der Waals surface area contributed by atoms with Crippen LogP contribution < -0.4 is 5.32 Å². The van der Waals surface area contributed by atoms with Gasteiger partial charge in [0.25, 0.3) is 0 Å². The van der Waals surface area contributed by atoms with Crippen molar-refractivity contribution >= 4 is 22.9 Å². The summed E-state index contributed by atoms with van der Waals surface area (Å²) in [5.74, 6) is 0.181. The van der Waals surface area contributed by atoms with Gasteiger partial charge in [-0.1, -0.05) is 38.2 Å². The number of aliphatic hydroxyl groups is 2. The molecule has 2 aliphatic rings. The van der Waals surface area contributed by atoms with E-state index < -0.39 is 5.60 Å². The van der Waals surface area contributed by atoms with Crippen molar-refractivity contribution in [2.75, 3.05) is 5.32 Å². The molecule has 3 N–H and O–H groups in total. The van der Waals surface area contributed by atoms with Crippen molar-refractivity contribution in [3.8, 4) is 0 Å². The second-order valence-corrected chi connectivity index (χ2v) is 7.80. The van der Waals surface area contributed by atoms with Gasteiger partial charge in [-0.15, -0.1) is 0 Å². The van der Waals surface area contributed by atoms with E-state index in [1.807, 2.05) is 12.1 Å². The fraction of sp³-hybridized carbons (Fsp3) is 0.450. The number of aliphatic hydroxyl groups excluding tert-OH is 1. The maximum Gasteiger partial charge on any atom is 0.124 e. The highest BCUT2D eigenvalue weighted by Crippen LogP contribution is 2.35. The van der Waals surface area contributed by atoms with Crippen molar-refractivity contribution in [1.29, 1.82) is 0 Å². The first kappa shape index (κ1) is 17.2. The fourth-order valence-corrected chi connectivity index (χ4v) is 4.08. The Morgan fingerprint density at radius 1 is 1.29 bits per heavy atom. The zero-order chi connectivity index (χ0) is 17.5. The molecule has 0 amide bonds. The third-order valence-electron chi connectivity index (χ3n) is 5.05. The lowest BCUT2D eigenvalue weighted by Crippen LogP contribution is -2.38. The summed E-state index contributed by atoms with van der Waals surface area (Å²) >= 11 is 5.51. The van der Waals surface area contributed by atoms with Gasteiger partial charge < -0.3 is 15.5 Å². The van der Waals surface area contributed by atoms with Gasteiger partial charge in [0.15, 0.2) is 0 Å². The summed E-state index contributed by atoms with van der Waals surface area (Å²) in [4.78, 5) is 0.489. The zero-order valence-corrected chi connectivity index (χ0v) is 15.3. The summed E-state index contributed by atoms with van der Waals surface area (Å²) in [5.41, 5.74) is 3.28. The van der Waals surface area contributed by atoms with E-state index in [4.69, 9.17) is 12.2 Å². The minimum atomic E-state index is -1.06. The molecular weight excluding hydrogens is 318 g/mol. The number of hydrogen-bond acceptors (Lipinski definition) is 3. The molecule has 3 rings (SSSR count). The topological polar surface area (TPSA) is 52.5 Å². The summed E-state index contributed by atoms with van der Waals surface area (Å²) in [6.45, 7) is 5.83. The molecule has 4 heteroatoms. The maximum atomic E-state index is 10.5. The van der Waals surface area contributed by atoms with E-state index in [0.717, 1.165) is 18.5 Å². The average Bonchev–Trinajstić information content (AvgIpc) is 2.93. The van der Waals surface area contributed by atoms with Gasteiger partial charge in [-0.25, -0.2) is 0 Å². The van der Waals surface area contributed by atoms with Crippen LogP contribution in [-0.2, 0) is 12.8 Å². The average molecular weight is 343 g/mol. The number of nitrogens with one attached hydrogen (secondary N) is 1. The van der Waals surface area contributed by atoms with Crippen LogP contribution in [0.2, 0.25) is 0 Å². The Hall–Kier alpha value is -1.65. The van der Waals surface area contributed by atoms with Crippen LogP contribution in [0.1, 0.15) is 38.3 Å². The Labute approximate surface area is 149 Å². The van der Waals surface area contributed by atoms with Crippen molar-refractivity contribution in [1.82, 2.24) is 0 Å². The maximum absolute atomic E-state index is 10.5. The molecule has 2 aliphatic carbocycles. The molecule has 0 bridgehead atoms. The number of rotatable bonds is 3. The lowest BCUT2D eigenvalue weighted by molar-refractivity contribution is 0.0415. The van der Waals surface area contributed by atoms with Gasteiger partial charge in [-0.2, -0.15) is 0 Å². The molecule has 128 valence electrons. The van der Waals surface area contributed by atoms with Crippen molar-refractivity contribution in [3.05, 3.63) is 52.8 Å². The molecule has 2 atom stereocenters. The van der Waals surface area contributed by atoms with Crippen LogP contribution in [0.15, 0.2) is 41.7 Å². The van der Waals surface area contributed by atoms with Gasteiger partial charge in [0.1, 0.15) is 10.7 Å². The van der Waals surface area contributed by atoms with Gasteiger partial charge in [-0.3, -0.25) is 0 Å². The molecular formula is C20H25NO2S. The predicted molar refractivity (Wildman–Crippen MR) is 102 cm³/mol. The van der Waals surface area contributed by atoms with Crippen molar-refractivity contribution in [2.45, 2.75) is 45.6 Å². The normalized spacial score (nSPS) is 26.0. The summed E-state index contributed by atoms with van der Waals surface area (Å²) in [6, 6.07) is 6.34. The monoisotopic (exact) mass is 343 g/mol. The summed E-state index contributed by atoms with van der Waals surface area (Å²) in [6.07, 6.45) is 6.87. The van der Waals surface area contributed by atoms with E-state index in [-0.39, 0.29) is 17.6 Å². The standard InChI is InChI=1S/C20H25NO2S/c1-12(2)17-10-16(18(22)11-20(17,3)23)19(24)21-15-8-7-13-5-4-6-14(13)9-15/h7-12,17,22-23H,4-6H2,1-3H3,(H,21,24). The van der Waals surface area contributed by atoms with Gasteiger partial charge in [0, 0.05) is 17.2 Å². The second-order valence-electron chi connectivity index (χ2n) is 7.40. The molecule has 0 heterocycles. The van der Waals surface area contributed by atoms with Crippen LogP contribution in [0.4, 0.5) is 5.69 Å². The van der Waals surface area contributed by atoms with E-state index in [2.05, 4.69) is 31.3 Å². The van der Waals surface area contributed by atoms with E-state index in [0.29, 0.717) is 10.6 Å². The summed E-state index contributed by atoms with van der Waals surface area (Å²) < 4.78 is 0. The highest BCUT2D eigenvalue weighted by atomic mass is 32.1. The second kappa shape index (κ2) is 6.34. The fourth-order valence-electron chi connectivity index (χ4n) is 3.79.